The number of rotatable bonds is 0. The fourth-order valence-electron chi connectivity index (χ4n) is 1.10. The number of benzene rings is 1. The molecule has 8 heteroatoms. The molecule has 0 spiro atoms. The molecule has 1 aromatic carbocycles. The van der Waals surface area contributed by atoms with Crippen molar-refractivity contribution in [3.63, 3.8) is 0 Å². The van der Waals surface area contributed by atoms with Crippen LogP contribution in [0.4, 0.5) is 26.3 Å². The second-order valence-corrected chi connectivity index (χ2v) is 3.25. The minimum absolute atomic E-state index is 0.0191. The van der Waals surface area contributed by atoms with E-state index in [-0.39, 0.29) is 6.07 Å². The molecule has 0 radical (unpaired) electrons. The minimum atomic E-state index is -5.24. The van der Waals surface area contributed by atoms with E-state index in [9.17, 15) is 26.3 Å². The fraction of sp³-hybridized carbons (Fsp3) is 0.250. The van der Waals surface area contributed by atoms with E-state index in [1.165, 1.54) is 0 Å². The molecule has 0 aliphatic rings. The third kappa shape index (κ3) is 2.52. The largest absolute Gasteiger partial charge is 0.508 e. The van der Waals surface area contributed by atoms with Crippen LogP contribution >= 0.6 is 11.6 Å². The number of phenols is 1. The van der Waals surface area contributed by atoms with Gasteiger partial charge in [0.05, 0.1) is 16.1 Å². The molecular weight excluding hydrogens is 262 g/mol. The highest BCUT2D eigenvalue weighted by molar-refractivity contribution is 6.31. The highest BCUT2D eigenvalue weighted by atomic mass is 35.5. The van der Waals surface area contributed by atoms with Gasteiger partial charge in [-0.25, -0.2) is 0 Å². The van der Waals surface area contributed by atoms with Crippen LogP contribution in [0, 0.1) is 0 Å². The number of hydrogen-bond acceptors (Lipinski definition) is 1. The van der Waals surface area contributed by atoms with Crippen molar-refractivity contribution in [2.45, 2.75) is 12.4 Å². The Hall–Kier alpha value is -1.11. The number of aromatic hydroxyl groups is 1. The van der Waals surface area contributed by atoms with E-state index in [1.807, 2.05) is 0 Å². The van der Waals surface area contributed by atoms with Gasteiger partial charge in [-0.2, -0.15) is 26.3 Å². The van der Waals surface area contributed by atoms with Crippen molar-refractivity contribution < 1.29 is 31.4 Å². The molecule has 0 saturated heterocycles. The first-order chi connectivity index (χ1) is 7.03. The Morgan fingerprint density at radius 2 is 1.44 bits per heavy atom. The lowest BCUT2D eigenvalue weighted by molar-refractivity contribution is -0.162. The Bertz CT molecular complexity index is 408. The molecule has 0 heterocycles. The van der Waals surface area contributed by atoms with Crippen molar-refractivity contribution in [2.75, 3.05) is 0 Å². The molecule has 1 aromatic rings. The predicted octanol–water partition coefficient (Wildman–Crippen LogP) is 4.08. The van der Waals surface area contributed by atoms with Crippen molar-refractivity contribution in [1.82, 2.24) is 0 Å². The molecule has 16 heavy (non-hydrogen) atoms. The molecule has 1 rings (SSSR count). The molecule has 1 N–H and O–H groups in total. The highest BCUT2D eigenvalue weighted by Gasteiger charge is 2.45. The number of halogens is 7. The molecule has 0 aromatic heterocycles. The van der Waals surface area contributed by atoms with Crippen LogP contribution in [0.3, 0.4) is 0 Å². The topological polar surface area (TPSA) is 20.2 Å². The van der Waals surface area contributed by atoms with Gasteiger partial charge in [0.25, 0.3) is 0 Å². The highest BCUT2D eigenvalue weighted by Crippen LogP contribution is 2.45. The van der Waals surface area contributed by atoms with E-state index >= 15 is 0 Å². The van der Waals surface area contributed by atoms with Crippen molar-refractivity contribution in [3.05, 3.63) is 28.3 Å². The van der Waals surface area contributed by atoms with Crippen molar-refractivity contribution >= 4 is 11.6 Å². The predicted molar refractivity (Wildman–Crippen MR) is 43.1 cm³/mol. The SMILES string of the molecule is Oc1cc(Cl)c(C(F)(F)F)c(C(F)(F)F)c1. The zero-order valence-electron chi connectivity index (χ0n) is 7.25. The van der Waals surface area contributed by atoms with Gasteiger partial charge in [0.2, 0.25) is 0 Å². The van der Waals surface area contributed by atoms with Gasteiger partial charge in [-0.3, -0.25) is 0 Å². The molecule has 0 aliphatic heterocycles. The first kappa shape index (κ1) is 13.0. The normalized spacial score (nSPS) is 12.9. The first-order valence-corrected chi connectivity index (χ1v) is 4.08. The lowest BCUT2D eigenvalue weighted by Crippen LogP contribution is -2.17. The average molecular weight is 265 g/mol. The maximum Gasteiger partial charge on any atom is 0.418 e. The van der Waals surface area contributed by atoms with Crippen LogP contribution in [0.2, 0.25) is 5.02 Å². The summed E-state index contributed by atoms with van der Waals surface area (Å²) in [5.41, 5.74) is -4.01. The van der Waals surface area contributed by atoms with Gasteiger partial charge in [0.15, 0.2) is 0 Å². The zero-order valence-corrected chi connectivity index (χ0v) is 8.00. The fourth-order valence-corrected chi connectivity index (χ4v) is 1.42. The standard InChI is InChI=1S/C8H3ClF6O/c9-5-2-3(16)1-4(7(10,11)12)6(5)8(13,14)15/h1-2,16H. The quantitative estimate of drug-likeness (QED) is 0.700. The zero-order chi connectivity index (χ0) is 12.7. The maximum absolute atomic E-state index is 12.3. The summed E-state index contributed by atoms with van der Waals surface area (Å²) in [5.74, 6) is -0.981. The van der Waals surface area contributed by atoms with Crippen molar-refractivity contribution in [2.24, 2.45) is 0 Å². The van der Waals surface area contributed by atoms with E-state index in [1.54, 1.807) is 0 Å². The van der Waals surface area contributed by atoms with Crippen molar-refractivity contribution in [1.29, 1.82) is 0 Å². The number of phenolic OH excluding ortho intramolecular Hbond substituents is 1. The smallest absolute Gasteiger partial charge is 0.418 e. The van der Waals surface area contributed by atoms with E-state index in [0.29, 0.717) is 6.07 Å². The van der Waals surface area contributed by atoms with Gasteiger partial charge in [-0.05, 0) is 12.1 Å². The van der Waals surface area contributed by atoms with E-state index < -0.39 is 34.3 Å². The van der Waals surface area contributed by atoms with Gasteiger partial charge < -0.3 is 5.11 Å². The summed E-state index contributed by atoms with van der Waals surface area (Å²) < 4.78 is 73.7. The van der Waals surface area contributed by atoms with E-state index in [2.05, 4.69) is 0 Å². The number of hydrogen-bond donors (Lipinski definition) is 1. The Kier molecular flexibility index (Phi) is 3.02. The molecule has 0 amide bonds. The van der Waals surface area contributed by atoms with E-state index in [0.717, 1.165) is 0 Å². The summed E-state index contributed by atoms with van der Waals surface area (Å²) in [6.45, 7) is 0. The molecule has 0 fully saturated rings. The summed E-state index contributed by atoms with van der Waals surface area (Å²) in [6.07, 6.45) is -10.5. The molecule has 1 nitrogen and oxygen atoms in total. The van der Waals surface area contributed by atoms with Crippen LogP contribution in [0.5, 0.6) is 5.75 Å². The Morgan fingerprint density at radius 1 is 0.938 bits per heavy atom. The monoisotopic (exact) mass is 264 g/mol. The Morgan fingerprint density at radius 3 is 1.81 bits per heavy atom. The molecular formula is C8H3ClF6O. The average Bonchev–Trinajstić information content (AvgIpc) is 1.97. The Balaban J connectivity index is 3.58. The van der Waals surface area contributed by atoms with Crippen LogP contribution in [0.15, 0.2) is 12.1 Å². The molecule has 0 saturated carbocycles. The second-order valence-electron chi connectivity index (χ2n) is 2.85. The third-order valence-electron chi connectivity index (χ3n) is 1.66. The van der Waals surface area contributed by atoms with Crippen LogP contribution in [0.25, 0.3) is 0 Å². The molecule has 0 aliphatic carbocycles. The first-order valence-electron chi connectivity index (χ1n) is 3.70. The van der Waals surface area contributed by atoms with Gasteiger partial charge in [0.1, 0.15) is 5.75 Å². The second kappa shape index (κ2) is 3.73. The number of alkyl halides is 6. The Labute approximate surface area is 90.3 Å². The summed E-state index contributed by atoms with van der Waals surface area (Å²) in [7, 11) is 0. The minimum Gasteiger partial charge on any atom is -0.508 e. The van der Waals surface area contributed by atoms with Crippen LogP contribution in [0.1, 0.15) is 11.1 Å². The summed E-state index contributed by atoms with van der Waals surface area (Å²) in [5, 5.41) is 7.60. The summed E-state index contributed by atoms with van der Waals surface area (Å²) in [4.78, 5) is 0. The van der Waals surface area contributed by atoms with Crippen LogP contribution in [-0.2, 0) is 12.4 Å². The van der Waals surface area contributed by atoms with Crippen LogP contribution < -0.4 is 0 Å². The van der Waals surface area contributed by atoms with Gasteiger partial charge in [-0.15, -0.1) is 0 Å². The molecule has 0 unspecified atom stereocenters. The lowest BCUT2D eigenvalue weighted by atomic mass is 10.1. The van der Waals surface area contributed by atoms with Gasteiger partial charge in [-0.1, -0.05) is 11.6 Å². The van der Waals surface area contributed by atoms with Crippen molar-refractivity contribution in [3.8, 4) is 5.75 Å². The van der Waals surface area contributed by atoms with Gasteiger partial charge >= 0.3 is 12.4 Å². The molecule has 90 valence electrons. The van der Waals surface area contributed by atoms with Crippen LogP contribution in [-0.4, -0.2) is 5.11 Å². The lowest BCUT2D eigenvalue weighted by Gasteiger charge is -2.16. The summed E-state index contributed by atoms with van der Waals surface area (Å²) in [6, 6.07) is 0.383. The van der Waals surface area contributed by atoms with E-state index in [4.69, 9.17) is 16.7 Å². The maximum atomic E-state index is 12.3. The third-order valence-corrected chi connectivity index (χ3v) is 1.96. The molecule has 0 atom stereocenters. The van der Waals surface area contributed by atoms with Gasteiger partial charge in [0, 0.05) is 0 Å². The molecule has 0 bridgehead atoms. The summed E-state index contributed by atoms with van der Waals surface area (Å²) >= 11 is 5.05.